The van der Waals surface area contributed by atoms with Crippen molar-refractivity contribution >= 4 is 5.91 Å². The molecule has 0 radical (unpaired) electrons. The number of carbonyl (C=O) groups is 1. The average Bonchev–Trinajstić information content (AvgIpc) is 2.82. The van der Waals surface area contributed by atoms with Gasteiger partial charge in [0.25, 0.3) is 5.91 Å². The quantitative estimate of drug-likeness (QED) is 0.863. The van der Waals surface area contributed by atoms with Crippen LogP contribution in [0, 0.1) is 0 Å². The molecule has 1 aromatic heterocycles. The molecule has 0 aliphatic heterocycles. The van der Waals surface area contributed by atoms with Crippen LogP contribution >= 0.6 is 0 Å². The Morgan fingerprint density at radius 3 is 3.00 bits per heavy atom. The van der Waals surface area contributed by atoms with Gasteiger partial charge in [0.2, 0.25) is 0 Å². The molecule has 4 heteroatoms. The van der Waals surface area contributed by atoms with Crippen molar-refractivity contribution in [3.8, 4) is 5.75 Å². The molecule has 1 atom stereocenters. The van der Waals surface area contributed by atoms with E-state index in [0.29, 0.717) is 5.56 Å². The van der Waals surface area contributed by atoms with Crippen molar-refractivity contribution in [2.45, 2.75) is 18.9 Å². The molecule has 19 heavy (non-hydrogen) atoms. The molecule has 2 N–H and O–H groups in total. The number of hydrogen-bond donors (Lipinski definition) is 2. The topological polar surface area (TPSA) is 62.2 Å². The summed E-state index contributed by atoms with van der Waals surface area (Å²) in [6.07, 6.45) is 4.66. The number of aryl methyl sites for hydroxylation is 1. The number of fused-ring (bicyclic) bond motifs is 1. The second-order valence-corrected chi connectivity index (χ2v) is 4.70. The van der Waals surface area contributed by atoms with Crippen LogP contribution < -0.4 is 5.32 Å². The highest BCUT2D eigenvalue weighted by atomic mass is 16.3. The smallest absolute Gasteiger partial charge is 0.253 e. The van der Waals surface area contributed by atoms with E-state index >= 15 is 0 Å². The lowest BCUT2D eigenvalue weighted by atomic mass is 10.1. The van der Waals surface area contributed by atoms with Gasteiger partial charge >= 0.3 is 0 Å². The van der Waals surface area contributed by atoms with Crippen LogP contribution in [0.15, 0.2) is 42.7 Å². The Balaban J connectivity index is 1.78. The van der Waals surface area contributed by atoms with Crippen molar-refractivity contribution < 1.29 is 9.90 Å². The Kier molecular flexibility index (Phi) is 2.91. The van der Waals surface area contributed by atoms with Crippen molar-refractivity contribution in [1.29, 1.82) is 0 Å². The summed E-state index contributed by atoms with van der Waals surface area (Å²) in [7, 11) is 0. The number of nitrogens with one attached hydrogen (secondary N) is 1. The maximum Gasteiger partial charge on any atom is 0.253 e. The first-order chi connectivity index (χ1) is 9.24. The van der Waals surface area contributed by atoms with Crippen LogP contribution in [0.4, 0.5) is 0 Å². The van der Waals surface area contributed by atoms with Crippen LogP contribution in [0.1, 0.15) is 33.9 Å². The number of pyridine rings is 1. The van der Waals surface area contributed by atoms with Gasteiger partial charge in [-0.15, -0.1) is 0 Å². The Hall–Kier alpha value is -2.36. The van der Waals surface area contributed by atoms with E-state index in [1.165, 1.54) is 29.6 Å². The summed E-state index contributed by atoms with van der Waals surface area (Å²) in [4.78, 5) is 15.9. The highest BCUT2D eigenvalue weighted by Crippen LogP contribution is 2.30. The molecule has 0 saturated carbocycles. The van der Waals surface area contributed by atoms with E-state index in [2.05, 4.69) is 16.4 Å². The van der Waals surface area contributed by atoms with Gasteiger partial charge in [0, 0.05) is 6.20 Å². The monoisotopic (exact) mass is 254 g/mol. The summed E-state index contributed by atoms with van der Waals surface area (Å²) >= 11 is 0. The van der Waals surface area contributed by atoms with E-state index < -0.39 is 0 Å². The van der Waals surface area contributed by atoms with Crippen molar-refractivity contribution in [1.82, 2.24) is 10.3 Å². The van der Waals surface area contributed by atoms with Crippen molar-refractivity contribution in [3.05, 3.63) is 59.4 Å². The Morgan fingerprint density at radius 2 is 2.16 bits per heavy atom. The first-order valence-electron chi connectivity index (χ1n) is 6.27. The van der Waals surface area contributed by atoms with Gasteiger partial charge in [-0.1, -0.05) is 24.3 Å². The summed E-state index contributed by atoms with van der Waals surface area (Å²) in [6.45, 7) is 0. The molecule has 0 fully saturated rings. The van der Waals surface area contributed by atoms with Crippen molar-refractivity contribution in [2.24, 2.45) is 0 Å². The molecule has 4 nitrogen and oxygen atoms in total. The van der Waals surface area contributed by atoms with E-state index in [1.807, 2.05) is 18.2 Å². The molecule has 0 spiro atoms. The molecule has 1 aliphatic rings. The zero-order valence-electron chi connectivity index (χ0n) is 10.3. The van der Waals surface area contributed by atoms with Crippen LogP contribution in [-0.4, -0.2) is 16.0 Å². The third-order valence-corrected chi connectivity index (χ3v) is 3.42. The average molecular weight is 254 g/mol. The normalized spacial score (nSPS) is 16.9. The van der Waals surface area contributed by atoms with E-state index in [0.717, 1.165) is 12.8 Å². The summed E-state index contributed by atoms with van der Waals surface area (Å²) in [5.74, 6) is -0.204. The minimum Gasteiger partial charge on any atom is -0.506 e. The van der Waals surface area contributed by atoms with Crippen LogP contribution in [0.25, 0.3) is 0 Å². The Bertz CT molecular complexity index is 625. The molecule has 0 saturated heterocycles. The highest BCUT2D eigenvalue weighted by Gasteiger charge is 2.23. The van der Waals surface area contributed by atoms with E-state index in [4.69, 9.17) is 0 Å². The first-order valence-corrected chi connectivity index (χ1v) is 6.27. The number of benzene rings is 1. The SMILES string of the molecule is O=C(NC1CCc2ccccc21)c1cncc(O)c1. The molecule has 1 aromatic carbocycles. The third kappa shape index (κ3) is 2.29. The van der Waals surface area contributed by atoms with Crippen LogP contribution in [0.5, 0.6) is 5.75 Å². The molecule has 2 aromatic rings. The minimum atomic E-state index is -0.204. The lowest BCUT2D eigenvalue weighted by Crippen LogP contribution is -2.27. The second-order valence-electron chi connectivity index (χ2n) is 4.70. The number of nitrogens with zero attached hydrogens (tertiary/aromatic N) is 1. The van der Waals surface area contributed by atoms with E-state index in [-0.39, 0.29) is 17.7 Å². The Morgan fingerprint density at radius 1 is 1.32 bits per heavy atom. The standard InChI is InChI=1S/C15H14N2O2/c18-12-7-11(8-16-9-12)15(19)17-14-6-5-10-3-1-2-4-13(10)14/h1-4,7-9,14,18H,5-6H2,(H,17,19). The minimum absolute atomic E-state index is 0.000489. The molecule has 0 bridgehead atoms. The first kappa shape index (κ1) is 11.7. The zero-order valence-corrected chi connectivity index (χ0v) is 10.3. The summed E-state index contributed by atoms with van der Waals surface area (Å²) in [6, 6.07) is 9.61. The fourth-order valence-corrected chi connectivity index (χ4v) is 2.50. The molecule has 1 amide bonds. The summed E-state index contributed by atoms with van der Waals surface area (Å²) in [5.41, 5.74) is 2.86. The van der Waals surface area contributed by atoms with Gasteiger partial charge in [0.15, 0.2) is 0 Å². The van der Waals surface area contributed by atoms with E-state index in [1.54, 1.807) is 0 Å². The molecular weight excluding hydrogens is 240 g/mol. The van der Waals surface area contributed by atoms with E-state index in [9.17, 15) is 9.90 Å². The largest absolute Gasteiger partial charge is 0.506 e. The van der Waals surface area contributed by atoms with Crippen molar-refractivity contribution in [3.63, 3.8) is 0 Å². The number of rotatable bonds is 2. The molecule has 3 rings (SSSR count). The van der Waals surface area contributed by atoms with Gasteiger partial charge < -0.3 is 10.4 Å². The molecule has 1 heterocycles. The third-order valence-electron chi connectivity index (χ3n) is 3.42. The van der Waals surface area contributed by atoms with Gasteiger partial charge in [-0.25, -0.2) is 0 Å². The number of hydrogen-bond acceptors (Lipinski definition) is 3. The van der Waals surface area contributed by atoms with Gasteiger partial charge in [0.1, 0.15) is 5.75 Å². The fourth-order valence-electron chi connectivity index (χ4n) is 2.50. The highest BCUT2D eigenvalue weighted by molar-refractivity contribution is 5.94. The van der Waals surface area contributed by atoms with Crippen LogP contribution in [0.2, 0.25) is 0 Å². The van der Waals surface area contributed by atoms with Gasteiger partial charge in [0.05, 0.1) is 17.8 Å². The lowest BCUT2D eigenvalue weighted by Gasteiger charge is -2.14. The molecule has 1 unspecified atom stereocenters. The maximum absolute atomic E-state index is 12.1. The lowest BCUT2D eigenvalue weighted by molar-refractivity contribution is 0.0936. The molecular formula is C15H14N2O2. The van der Waals surface area contributed by atoms with Gasteiger partial charge in [-0.2, -0.15) is 0 Å². The maximum atomic E-state index is 12.1. The number of amides is 1. The summed E-state index contributed by atoms with van der Waals surface area (Å²) in [5, 5.41) is 12.3. The fraction of sp³-hybridized carbons (Fsp3) is 0.200. The summed E-state index contributed by atoms with van der Waals surface area (Å²) < 4.78 is 0. The Labute approximate surface area is 111 Å². The van der Waals surface area contributed by atoms with Gasteiger partial charge in [-0.05, 0) is 30.0 Å². The second kappa shape index (κ2) is 4.72. The van der Waals surface area contributed by atoms with Crippen LogP contribution in [0.3, 0.4) is 0 Å². The number of carbonyl (C=O) groups excluding carboxylic acids is 1. The number of aromatic nitrogens is 1. The number of aromatic hydroxyl groups is 1. The molecule has 1 aliphatic carbocycles. The zero-order chi connectivity index (χ0) is 13.2. The predicted octanol–water partition coefficient (Wildman–Crippen LogP) is 2.20. The molecule has 96 valence electrons. The van der Waals surface area contributed by atoms with Gasteiger partial charge in [-0.3, -0.25) is 9.78 Å². The predicted molar refractivity (Wildman–Crippen MR) is 70.9 cm³/mol. The van der Waals surface area contributed by atoms with Crippen molar-refractivity contribution in [2.75, 3.05) is 0 Å². The van der Waals surface area contributed by atoms with Crippen LogP contribution in [-0.2, 0) is 6.42 Å².